The highest BCUT2D eigenvalue weighted by atomic mass is 32.2. The van der Waals surface area contributed by atoms with Crippen LogP contribution in [0.4, 0.5) is 5.69 Å². The lowest BCUT2D eigenvalue weighted by Crippen LogP contribution is -2.27. The number of hydrogen-bond acceptors (Lipinski definition) is 6. The number of ether oxygens (including phenoxy) is 1. The largest absolute Gasteiger partial charge is 0.457 e. The van der Waals surface area contributed by atoms with E-state index < -0.39 is 23.8 Å². The van der Waals surface area contributed by atoms with Gasteiger partial charge in [-0.1, -0.05) is 54.2 Å². The number of fused-ring (bicyclic) bond motifs is 1. The predicted octanol–water partition coefficient (Wildman–Crippen LogP) is 3.81. The van der Waals surface area contributed by atoms with E-state index in [1.54, 1.807) is 0 Å². The van der Waals surface area contributed by atoms with Gasteiger partial charge in [-0.05, 0) is 30.5 Å². The zero-order chi connectivity index (χ0) is 19.7. The molecular weight excluding hydrogens is 372 g/mol. The lowest BCUT2D eigenvalue weighted by atomic mass is 9.96. The van der Waals surface area contributed by atoms with Crippen LogP contribution in [0.1, 0.15) is 18.4 Å². The van der Waals surface area contributed by atoms with E-state index in [0.717, 1.165) is 16.1 Å². The van der Waals surface area contributed by atoms with Crippen LogP contribution < -0.4 is 4.90 Å². The summed E-state index contributed by atoms with van der Waals surface area (Å²) in [5.74, 6) is -0.882. The number of benzene rings is 2. The number of thioether (sulfide) groups is 1. The molecule has 140 valence electrons. The second kappa shape index (κ2) is 7.17. The topological polar surface area (TPSA) is 70.4 Å². The number of nitrogens with zero attached hydrogens (tertiary/aromatic N) is 2. The Morgan fingerprint density at radius 2 is 1.82 bits per heavy atom. The van der Waals surface area contributed by atoms with Crippen LogP contribution in [0.2, 0.25) is 0 Å². The quantitative estimate of drug-likeness (QED) is 0.439. The fourth-order valence-electron chi connectivity index (χ4n) is 3.39. The lowest BCUT2D eigenvalue weighted by molar-refractivity contribution is -0.149. The fraction of sp³-hybridized carbons (Fsp3) is 0.227. The van der Waals surface area contributed by atoms with Crippen LogP contribution >= 0.6 is 11.8 Å². The molecule has 1 saturated carbocycles. The number of nitriles is 1. The highest BCUT2D eigenvalue weighted by Gasteiger charge is 2.52. The number of Topliss-reactive ketones (excluding diaryl/α,β-unsaturated/α-hetero) is 1. The van der Waals surface area contributed by atoms with Crippen LogP contribution in [0.3, 0.4) is 0 Å². The number of anilines is 1. The van der Waals surface area contributed by atoms with E-state index in [1.165, 1.54) is 11.8 Å². The molecule has 0 unspecified atom stereocenters. The molecule has 1 fully saturated rings. The van der Waals surface area contributed by atoms with Crippen LogP contribution in [0.25, 0.3) is 0 Å². The summed E-state index contributed by atoms with van der Waals surface area (Å²) < 4.78 is 5.34. The van der Waals surface area contributed by atoms with Gasteiger partial charge in [-0.3, -0.25) is 9.59 Å². The summed E-state index contributed by atoms with van der Waals surface area (Å²) in [6.07, 6.45) is 1.42. The lowest BCUT2D eigenvalue weighted by Gasteiger charge is -2.16. The number of ketones is 1. The Hall–Kier alpha value is -3.04. The third-order valence-corrected chi connectivity index (χ3v) is 6.38. The molecule has 2 aromatic carbocycles. The first-order chi connectivity index (χ1) is 13.6. The highest BCUT2D eigenvalue weighted by molar-refractivity contribution is 8.03. The number of esters is 1. The smallest absolute Gasteiger partial charge is 0.317 e. The number of rotatable bonds is 5. The van der Waals surface area contributed by atoms with Crippen molar-refractivity contribution in [2.45, 2.75) is 23.2 Å². The molecule has 0 saturated heterocycles. The van der Waals surface area contributed by atoms with E-state index in [-0.39, 0.29) is 5.57 Å². The summed E-state index contributed by atoms with van der Waals surface area (Å²) in [5, 5.41) is 10.1. The molecule has 6 heteroatoms. The minimum absolute atomic E-state index is 0.0149. The molecule has 2 aliphatic rings. The predicted molar refractivity (Wildman–Crippen MR) is 107 cm³/mol. The standard InChI is InChI=1S/C22H18N2O3S/c1-24-17-9-5-6-10-19(17)28-20(24)16(13-23)18(25)14-27-21(26)22(11-12-22)15-7-3-2-4-8-15/h2-10H,11-12,14H2,1H3/b20-16+. The van der Waals surface area contributed by atoms with Crippen molar-refractivity contribution in [1.82, 2.24) is 0 Å². The zero-order valence-electron chi connectivity index (χ0n) is 15.3. The Balaban J connectivity index is 1.48. The molecule has 5 nitrogen and oxygen atoms in total. The Bertz CT molecular complexity index is 1020. The van der Waals surface area contributed by atoms with Gasteiger partial charge in [-0.15, -0.1) is 0 Å². The Labute approximate surface area is 167 Å². The summed E-state index contributed by atoms with van der Waals surface area (Å²) in [5.41, 5.74) is 1.23. The molecular formula is C22H18N2O3S. The Kier molecular flexibility index (Phi) is 4.70. The summed E-state index contributed by atoms with van der Waals surface area (Å²) in [4.78, 5) is 28.1. The van der Waals surface area contributed by atoms with Crippen LogP contribution in [-0.2, 0) is 19.7 Å². The maximum Gasteiger partial charge on any atom is 0.317 e. The average Bonchev–Trinajstić information content (AvgIpc) is 3.48. The maximum absolute atomic E-state index is 12.6. The van der Waals surface area contributed by atoms with E-state index in [0.29, 0.717) is 17.9 Å². The van der Waals surface area contributed by atoms with Crippen molar-refractivity contribution >= 4 is 29.2 Å². The van der Waals surface area contributed by atoms with Crippen LogP contribution in [0, 0.1) is 11.3 Å². The van der Waals surface area contributed by atoms with E-state index >= 15 is 0 Å². The van der Waals surface area contributed by atoms with Crippen molar-refractivity contribution < 1.29 is 14.3 Å². The molecule has 1 heterocycles. The molecule has 0 bridgehead atoms. The first-order valence-electron chi connectivity index (χ1n) is 8.98. The number of carbonyl (C=O) groups is 2. The van der Waals surface area contributed by atoms with Crippen molar-refractivity contribution in [3.8, 4) is 6.07 Å². The van der Waals surface area contributed by atoms with Crippen molar-refractivity contribution in [1.29, 1.82) is 5.26 Å². The van der Waals surface area contributed by atoms with Crippen molar-refractivity contribution in [2.75, 3.05) is 18.6 Å². The first-order valence-corrected chi connectivity index (χ1v) is 9.79. The number of carbonyl (C=O) groups excluding carboxylic acids is 2. The third kappa shape index (κ3) is 3.08. The van der Waals surface area contributed by atoms with Crippen LogP contribution in [-0.4, -0.2) is 25.4 Å². The van der Waals surface area contributed by atoms with Crippen LogP contribution in [0.5, 0.6) is 0 Å². The maximum atomic E-state index is 12.6. The first kappa shape index (κ1) is 18.3. The number of hydrogen-bond donors (Lipinski definition) is 0. The van der Waals surface area contributed by atoms with Gasteiger partial charge in [-0.25, -0.2) is 0 Å². The van der Waals surface area contributed by atoms with E-state index in [9.17, 15) is 14.9 Å². The monoisotopic (exact) mass is 390 g/mol. The molecule has 2 aromatic rings. The van der Waals surface area contributed by atoms with Crippen molar-refractivity contribution in [3.05, 3.63) is 70.8 Å². The summed E-state index contributed by atoms with van der Waals surface area (Å²) >= 11 is 1.38. The van der Waals surface area contributed by atoms with Gasteiger partial charge in [0.1, 0.15) is 16.7 Å². The Morgan fingerprint density at radius 3 is 2.46 bits per heavy atom. The van der Waals surface area contributed by atoms with E-state index in [2.05, 4.69) is 0 Å². The van der Waals surface area contributed by atoms with Gasteiger partial charge in [0, 0.05) is 11.9 Å². The molecule has 1 aliphatic carbocycles. The molecule has 0 atom stereocenters. The molecule has 0 N–H and O–H groups in total. The van der Waals surface area contributed by atoms with Gasteiger partial charge in [0.2, 0.25) is 5.78 Å². The fourth-order valence-corrected chi connectivity index (χ4v) is 4.55. The summed E-state index contributed by atoms with van der Waals surface area (Å²) in [6.45, 7) is -0.426. The molecule has 0 spiro atoms. The van der Waals surface area contributed by atoms with E-state index in [1.807, 2.05) is 72.6 Å². The van der Waals surface area contributed by atoms with Gasteiger partial charge in [0.25, 0.3) is 0 Å². The van der Waals surface area contributed by atoms with Gasteiger partial charge in [-0.2, -0.15) is 5.26 Å². The van der Waals surface area contributed by atoms with Gasteiger partial charge < -0.3 is 9.64 Å². The van der Waals surface area contributed by atoms with Gasteiger partial charge in [0.05, 0.1) is 11.1 Å². The summed E-state index contributed by atoms with van der Waals surface area (Å²) in [7, 11) is 1.82. The SMILES string of the molecule is CN1/C(=C(/C#N)C(=O)COC(=O)C2(c3ccccc3)CC2)Sc2ccccc21. The summed E-state index contributed by atoms with van der Waals surface area (Å²) in [6, 6.07) is 19.2. The van der Waals surface area contributed by atoms with Crippen LogP contribution in [0.15, 0.2) is 70.1 Å². The minimum atomic E-state index is -0.642. The highest BCUT2D eigenvalue weighted by Crippen LogP contribution is 2.49. The van der Waals surface area contributed by atoms with Crippen molar-refractivity contribution in [2.24, 2.45) is 0 Å². The second-order valence-electron chi connectivity index (χ2n) is 6.87. The Morgan fingerprint density at radius 1 is 1.14 bits per heavy atom. The normalized spacial score (nSPS) is 18.1. The second-order valence-corrected chi connectivity index (χ2v) is 7.90. The molecule has 0 radical (unpaired) electrons. The molecule has 28 heavy (non-hydrogen) atoms. The molecule has 1 aliphatic heterocycles. The average molecular weight is 390 g/mol. The molecule has 0 aromatic heterocycles. The van der Waals surface area contributed by atoms with Gasteiger partial charge in [0.15, 0.2) is 6.61 Å². The molecule has 0 amide bonds. The van der Waals surface area contributed by atoms with Crippen molar-refractivity contribution in [3.63, 3.8) is 0 Å². The minimum Gasteiger partial charge on any atom is -0.457 e. The third-order valence-electron chi connectivity index (χ3n) is 5.14. The van der Waals surface area contributed by atoms with Gasteiger partial charge >= 0.3 is 5.97 Å². The number of para-hydroxylation sites is 1. The van der Waals surface area contributed by atoms with E-state index in [4.69, 9.17) is 4.74 Å². The zero-order valence-corrected chi connectivity index (χ0v) is 16.2. The molecule has 4 rings (SSSR count).